The third-order valence-corrected chi connectivity index (χ3v) is 3.48. The van der Waals surface area contributed by atoms with Crippen LogP contribution < -0.4 is 4.74 Å². The second kappa shape index (κ2) is 5.84. The maximum absolute atomic E-state index is 12.9. The molecule has 2 aromatic carbocycles. The van der Waals surface area contributed by atoms with Crippen molar-refractivity contribution in [3.63, 3.8) is 0 Å². The average Bonchev–Trinajstić information content (AvgIpc) is 2.37. The number of benzene rings is 2. The van der Waals surface area contributed by atoms with E-state index in [0.717, 1.165) is 11.3 Å². The zero-order valence-electron chi connectivity index (χ0n) is 11.9. The van der Waals surface area contributed by atoms with Crippen LogP contribution in [0.1, 0.15) is 31.9 Å². The Morgan fingerprint density at radius 3 is 2.25 bits per heavy atom. The van der Waals surface area contributed by atoms with E-state index in [2.05, 4.69) is 32.9 Å². The highest BCUT2D eigenvalue weighted by Crippen LogP contribution is 2.25. The van der Waals surface area contributed by atoms with Crippen LogP contribution in [0.25, 0.3) is 0 Å². The molecule has 0 fully saturated rings. The summed E-state index contributed by atoms with van der Waals surface area (Å²) in [5.74, 6) is 0.437. The molecule has 2 rings (SSSR count). The fourth-order valence-corrected chi connectivity index (χ4v) is 2.07. The number of hydrogen-bond acceptors (Lipinski definition) is 1. The lowest BCUT2D eigenvalue weighted by atomic mass is 9.87. The van der Waals surface area contributed by atoms with Gasteiger partial charge in [0.15, 0.2) is 0 Å². The number of halogens is 2. The Morgan fingerprint density at radius 2 is 1.70 bits per heavy atom. The first-order chi connectivity index (χ1) is 9.36. The maximum atomic E-state index is 12.9. The zero-order chi connectivity index (χ0) is 14.8. The van der Waals surface area contributed by atoms with Crippen molar-refractivity contribution in [2.75, 3.05) is 0 Å². The molecule has 2 aromatic rings. The number of hydrogen-bond donors (Lipinski definition) is 0. The van der Waals surface area contributed by atoms with Crippen molar-refractivity contribution in [1.29, 1.82) is 0 Å². The summed E-state index contributed by atoms with van der Waals surface area (Å²) >= 11 is 5.96. The van der Waals surface area contributed by atoms with Crippen molar-refractivity contribution in [2.45, 2.75) is 32.8 Å². The van der Waals surface area contributed by atoms with Gasteiger partial charge < -0.3 is 4.74 Å². The van der Waals surface area contributed by atoms with Gasteiger partial charge in [0.1, 0.15) is 18.2 Å². The van der Waals surface area contributed by atoms with E-state index in [4.69, 9.17) is 16.3 Å². The average molecular weight is 293 g/mol. The molecule has 0 N–H and O–H groups in total. The first-order valence-electron chi connectivity index (χ1n) is 6.53. The molecule has 0 spiro atoms. The first-order valence-corrected chi connectivity index (χ1v) is 6.91. The third-order valence-electron chi connectivity index (χ3n) is 3.13. The Bertz CT molecular complexity index is 585. The summed E-state index contributed by atoms with van der Waals surface area (Å²) < 4.78 is 18.6. The van der Waals surface area contributed by atoms with Crippen LogP contribution in [0.3, 0.4) is 0 Å². The second-order valence-electron chi connectivity index (χ2n) is 5.80. The third kappa shape index (κ3) is 3.73. The largest absolute Gasteiger partial charge is 0.489 e. The molecule has 0 radical (unpaired) electrons. The Kier molecular flexibility index (Phi) is 4.34. The van der Waals surface area contributed by atoms with E-state index in [9.17, 15) is 4.39 Å². The number of rotatable bonds is 3. The van der Waals surface area contributed by atoms with E-state index in [1.54, 1.807) is 6.07 Å². The van der Waals surface area contributed by atoms with Gasteiger partial charge in [0, 0.05) is 5.56 Å². The van der Waals surface area contributed by atoms with Gasteiger partial charge >= 0.3 is 0 Å². The minimum absolute atomic E-state index is 0.124. The van der Waals surface area contributed by atoms with Crippen LogP contribution in [0.5, 0.6) is 5.75 Å². The van der Waals surface area contributed by atoms with Gasteiger partial charge in [0.2, 0.25) is 0 Å². The predicted octanol–water partition coefficient (Wildman–Crippen LogP) is 5.36. The summed E-state index contributed by atoms with van der Waals surface area (Å²) in [6, 6.07) is 12.3. The van der Waals surface area contributed by atoms with Gasteiger partial charge in [0.05, 0.1) is 5.02 Å². The lowest BCUT2D eigenvalue weighted by Crippen LogP contribution is -2.10. The van der Waals surface area contributed by atoms with Gasteiger partial charge in [-0.2, -0.15) is 0 Å². The quantitative estimate of drug-likeness (QED) is 0.740. The summed E-state index contributed by atoms with van der Waals surface area (Å²) in [5.41, 5.74) is 2.15. The number of ether oxygens (including phenoxy) is 1. The predicted molar refractivity (Wildman–Crippen MR) is 80.9 cm³/mol. The van der Waals surface area contributed by atoms with Gasteiger partial charge in [0.25, 0.3) is 0 Å². The van der Waals surface area contributed by atoms with Crippen LogP contribution in [-0.4, -0.2) is 0 Å². The van der Waals surface area contributed by atoms with E-state index in [1.807, 2.05) is 12.1 Å². The molecule has 0 saturated heterocycles. The van der Waals surface area contributed by atoms with E-state index in [0.29, 0.717) is 11.6 Å². The minimum atomic E-state index is -0.340. The fraction of sp³-hybridized carbons (Fsp3) is 0.294. The van der Waals surface area contributed by atoms with Crippen LogP contribution in [0.2, 0.25) is 5.02 Å². The molecule has 106 valence electrons. The molecule has 0 aliphatic heterocycles. The molecule has 0 aliphatic rings. The van der Waals surface area contributed by atoms with Crippen molar-refractivity contribution in [3.8, 4) is 5.75 Å². The minimum Gasteiger partial charge on any atom is -0.489 e. The second-order valence-corrected chi connectivity index (χ2v) is 6.21. The normalized spacial score (nSPS) is 11.4. The van der Waals surface area contributed by atoms with Crippen molar-refractivity contribution in [3.05, 3.63) is 64.4 Å². The Balaban J connectivity index is 2.04. The summed E-state index contributed by atoms with van der Waals surface area (Å²) in [7, 11) is 0. The molecule has 0 unspecified atom stereocenters. The van der Waals surface area contributed by atoms with Crippen LogP contribution in [-0.2, 0) is 12.0 Å². The highest BCUT2D eigenvalue weighted by atomic mass is 35.5. The van der Waals surface area contributed by atoms with E-state index in [-0.39, 0.29) is 11.2 Å². The molecular weight excluding hydrogens is 275 g/mol. The lowest BCUT2D eigenvalue weighted by Gasteiger charge is -2.19. The Hall–Kier alpha value is -1.54. The molecule has 0 atom stereocenters. The summed E-state index contributed by atoms with van der Waals surface area (Å²) in [6.07, 6.45) is 0. The molecule has 1 nitrogen and oxygen atoms in total. The molecule has 3 heteroatoms. The zero-order valence-corrected chi connectivity index (χ0v) is 12.7. The topological polar surface area (TPSA) is 9.23 Å². The summed E-state index contributed by atoms with van der Waals surface area (Å²) in [4.78, 5) is 0. The molecule has 0 aliphatic carbocycles. The van der Waals surface area contributed by atoms with Gasteiger partial charge in [-0.1, -0.05) is 50.6 Å². The van der Waals surface area contributed by atoms with Gasteiger partial charge in [-0.05, 0) is 35.2 Å². The summed E-state index contributed by atoms with van der Waals surface area (Å²) in [6.45, 7) is 6.83. The Labute approximate surface area is 124 Å². The first kappa shape index (κ1) is 14.9. The van der Waals surface area contributed by atoms with Crippen LogP contribution in [0.4, 0.5) is 4.39 Å². The standard InChI is InChI=1S/C17H18ClFO/c1-17(2,3)13-5-8-15(9-6-13)20-11-12-4-7-14(19)10-16(12)18/h4-10H,11H2,1-3H3. The van der Waals surface area contributed by atoms with E-state index >= 15 is 0 Å². The molecule has 0 aromatic heterocycles. The van der Waals surface area contributed by atoms with Crippen molar-refractivity contribution in [2.24, 2.45) is 0 Å². The van der Waals surface area contributed by atoms with Crippen LogP contribution in [0, 0.1) is 5.82 Å². The van der Waals surface area contributed by atoms with E-state index < -0.39 is 0 Å². The monoisotopic (exact) mass is 292 g/mol. The Morgan fingerprint density at radius 1 is 1.05 bits per heavy atom. The van der Waals surface area contributed by atoms with Gasteiger partial charge in [-0.3, -0.25) is 0 Å². The van der Waals surface area contributed by atoms with E-state index in [1.165, 1.54) is 17.7 Å². The van der Waals surface area contributed by atoms with Gasteiger partial charge in [-0.25, -0.2) is 4.39 Å². The molecule has 20 heavy (non-hydrogen) atoms. The fourth-order valence-electron chi connectivity index (χ4n) is 1.85. The molecular formula is C17H18ClFO. The van der Waals surface area contributed by atoms with Crippen molar-refractivity contribution < 1.29 is 9.13 Å². The highest BCUT2D eigenvalue weighted by molar-refractivity contribution is 6.31. The highest BCUT2D eigenvalue weighted by Gasteiger charge is 2.13. The molecule has 0 heterocycles. The molecule has 0 bridgehead atoms. The smallest absolute Gasteiger partial charge is 0.124 e. The molecule has 0 amide bonds. The maximum Gasteiger partial charge on any atom is 0.124 e. The van der Waals surface area contributed by atoms with Crippen LogP contribution in [0.15, 0.2) is 42.5 Å². The molecule has 0 saturated carbocycles. The van der Waals surface area contributed by atoms with Crippen molar-refractivity contribution >= 4 is 11.6 Å². The van der Waals surface area contributed by atoms with Gasteiger partial charge in [-0.15, -0.1) is 0 Å². The summed E-state index contributed by atoms with van der Waals surface area (Å²) in [5, 5.41) is 0.385. The lowest BCUT2D eigenvalue weighted by molar-refractivity contribution is 0.306. The van der Waals surface area contributed by atoms with Crippen LogP contribution >= 0.6 is 11.6 Å². The SMILES string of the molecule is CC(C)(C)c1ccc(OCc2ccc(F)cc2Cl)cc1. The van der Waals surface area contributed by atoms with Crippen molar-refractivity contribution in [1.82, 2.24) is 0 Å².